The molecule has 2 rings (SSSR count). The van der Waals surface area contributed by atoms with E-state index in [1.54, 1.807) is 17.0 Å². The molecule has 1 aliphatic heterocycles. The lowest BCUT2D eigenvalue weighted by molar-refractivity contribution is -0.113. The van der Waals surface area contributed by atoms with Gasteiger partial charge < -0.3 is 14.9 Å². The number of Topliss-reactive ketones (excluding diaryl/α,β-unsaturated/α-hetero) is 1. The Morgan fingerprint density at radius 2 is 1.68 bits per heavy atom. The van der Waals surface area contributed by atoms with Crippen molar-refractivity contribution in [3.8, 4) is 0 Å². The largest absolute Gasteiger partial charge is 0.512 e. The number of allylic oxidation sites excluding steroid dienone is 1. The fourth-order valence-corrected chi connectivity index (χ4v) is 2.59. The number of hydrogen-bond acceptors (Lipinski definition) is 4. The quantitative estimate of drug-likeness (QED) is 0.389. The number of hydrogen-bond donors (Lipinski definition) is 2. The van der Waals surface area contributed by atoms with Gasteiger partial charge in [-0.15, -0.1) is 0 Å². The number of aliphatic hydroxyl groups is 1. The van der Waals surface area contributed by atoms with Crippen LogP contribution in [-0.2, 0) is 4.79 Å². The Balaban J connectivity index is 2.03. The van der Waals surface area contributed by atoms with Gasteiger partial charge in [-0.05, 0) is 38.1 Å². The minimum absolute atomic E-state index is 0.0613. The van der Waals surface area contributed by atoms with Crippen molar-refractivity contribution in [2.45, 2.75) is 13.8 Å². The Hall–Kier alpha value is -2.37. The number of piperazine rings is 1. The van der Waals surface area contributed by atoms with Crippen molar-refractivity contribution in [3.05, 3.63) is 41.4 Å². The van der Waals surface area contributed by atoms with Crippen LogP contribution in [0.5, 0.6) is 0 Å². The molecule has 1 fully saturated rings. The maximum atomic E-state index is 12.9. The molecule has 0 unspecified atom stereocenters. The van der Waals surface area contributed by atoms with Gasteiger partial charge in [0.2, 0.25) is 0 Å². The average Bonchev–Trinajstić information content (AvgIpc) is 2.47. The van der Waals surface area contributed by atoms with Gasteiger partial charge in [0.1, 0.15) is 17.4 Å². The number of anilines is 1. The van der Waals surface area contributed by atoms with Gasteiger partial charge in [-0.3, -0.25) is 10.2 Å². The lowest BCUT2D eigenvalue weighted by Crippen LogP contribution is -2.49. The number of nitrogens with zero attached hydrogens (tertiary/aromatic N) is 2. The molecule has 1 aliphatic rings. The number of amidine groups is 1. The van der Waals surface area contributed by atoms with Gasteiger partial charge in [0.05, 0.1) is 5.57 Å². The summed E-state index contributed by atoms with van der Waals surface area (Å²) in [6, 6.07) is 6.31. The van der Waals surface area contributed by atoms with Crippen LogP contribution in [0.15, 0.2) is 35.6 Å². The fourth-order valence-electron chi connectivity index (χ4n) is 2.59. The minimum atomic E-state index is -0.314. The SMILES string of the molecule is CC(=O)C(C(=N)N1CCN(c2ccc(F)cc2)CC1)=C(C)O. The van der Waals surface area contributed by atoms with Crippen molar-refractivity contribution in [2.75, 3.05) is 31.1 Å². The van der Waals surface area contributed by atoms with Gasteiger partial charge in [-0.2, -0.15) is 0 Å². The van der Waals surface area contributed by atoms with Gasteiger partial charge >= 0.3 is 0 Å². The Kier molecular flexibility index (Phi) is 4.80. The third-order valence-corrected chi connectivity index (χ3v) is 3.74. The van der Waals surface area contributed by atoms with E-state index in [2.05, 4.69) is 4.90 Å². The minimum Gasteiger partial charge on any atom is -0.512 e. The van der Waals surface area contributed by atoms with E-state index >= 15 is 0 Å². The molecule has 118 valence electrons. The number of aliphatic hydroxyl groups excluding tert-OH is 1. The van der Waals surface area contributed by atoms with Crippen LogP contribution in [0.1, 0.15) is 13.8 Å². The number of ketones is 1. The van der Waals surface area contributed by atoms with Crippen LogP contribution in [-0.4, -0.2) is 47.8 Å². The zero-order valence-electron chi connectivity index (χ0n) is 12.8. The molecule has 0 aliphatic carbocycles. The number of halogens is 1. The lowest BCUT2D eigenvalue weighted by Gasteiger charge is -2.37. The van der Waals surface area contributed by atoms with Crippen molar-refractivity contribution >= 4 is 17.3 Å². The molecular formula is C16H20FN3O2. The summed E-state index contributed by atoms with van der Waals surface area (Å²) in [4.78, 5) is 15.4. The standard InChI is InChI=1S/C16H20FN3O2/c1-11(21)15(12(2)22)16(18)20-9-7-19(8-10-20)14-5-3-13(17)4-6-14/h3-6,18,21H,7-10H2,1-2H3. The molecule has 2 N–H and O–H groups in total. The molecule has 1 heterocycles. The van der Waals surface area contributed by atoms with Gasteiger partial charge in [-0.25, -0.2) is 4.39 Å². The molecule has 6 heteroatoms. The summed E-state index contributed by atoms with van der Waals surface area (Å²) in [5, 5.41) is 17.7. The molecule has 0 atom stereocenters. The Labute approximate surface area is 129 Å². The molecule has 1 aromatic carbocycles. The van der Waals surface area contributed by atoms with E-state index in [1.165, 1.54) is 26.0 Å². The highest BCUT2D eigenvalue weighted by molar-refractivity contribution is 6.19. The topological polar surface area (TPSA) is 67.6 Å². The summed E-state index contributed by atoms with van der Waals surface area (Å²) >= 11 is 0. The van der Waals surface area contributed by atoms with Crippen molar-refractivity contribution in [1.82, 2.24) is 4.90 Å². The predicted molar refractivity (Wildman–Crippen MR) is 83.9 cm³/mol. The molecule has 22 heavy (non-hydrogen) atoms. The number of rotatable bonds is 3. The molecule has 0 saturated carbocycles. The lowest BCUT2D eigenvalue weighted by atomic mass is 10.1. The summed E-state index contributed by atoms with van der Waals surface area (Å²) in [6.45, 7) is 5.24. The summed E-state index contributed by atoms with van der Waals surface area (Å²) in [5.41, 5.74) is 1.00. The van der Waals surface area contributed by atoms with E-state index in [0.717, 1.165) is 5.69 Å². The first-order chi connectivity index (χ1) is 10.4. The van der Waals surface area contributed by atoms with Crippen molar-refractivity contribution < 1.29 is 14.3 Å². The third-order valence-electron chi connectivity index (χ3n) is 3.74. The van der Waals surface area contributed by atoms with Crippen LogP contribution in [0.25, 0.3) is 0 Å². The second kappa shape index (κ2) is 6.60. The second-order valence-electron chi connectivity index (χ2n) is 5.32. The zero-order chi connectivity index (χ0) is 16.3. The number of nitrogens with one attached hydrogen (secondary N) is 1. The van der Waals surface area contributed by atoms with E-state index in [1.807, 2.05) is 0 Å². The molecule has 0 bridgehead atoms. The highest BCUT2D eigenvalue weighted by Gasteiger charge is 2.24. The van der Waals surface area contributed by atoms with E-state index in [0.29, 0.717) is 26.2 Å². The maximum absolute atomic E-state index is 12.9. The highest BCUT2D eigenvalue weighted by Crippen LogP contribution is 2.18. The molecule has 5 nitrogen and oxygen atoms in total. The van der Waals surface area contributed by atoms with Crippen molar-refractivity contribution in [1.29, 1.82) is 5.41 Å². The number of carbonyl (C=O) groups is 1. The Morgan fingerprint density at radius 3 is 2.14 bits per heavy atom. The van der Waals surface area contributed by atoms with Crippen LogP contribution in [0.2, 0.25) is 0 Å². The maximum Gasteiger partial charge on any atom is 0.166 e. The fraction of sp³-hybridized carbons (Fsp3) is 0.375. The molecule has 0 aromatic heterocycles. The Morgan fingerprint density at radius 1 is 1.14 bits per heavy atom. The van der Waals surface area contributed by atoms with Crippen molar-refractivity contribution in [2.24, 2.45) is 0 Å². The van der Waals surface area contributed by atoms with E-state index < -0.39 is 0 Å². The smallest absolute Gasteiger partial charge is 0.166 e. The monoisotopic (exact) mass is 305 g/mol. The number of benzene rings is 1. The van der Waals surface area contributed by atoms with E-state index in [4.69, 9.17) is 5.41 Å². The summed E-state index contributed by atoms with van der Waals surface area (Å²) in [6.07, 6.45) is 0. The Bertz CT molecular complexity index is 598. The molecule has 0 radical (unpaired) electrons. The second-order valence-corrected chi connectivity index (χ2v) is 5.32. The van der Waals surface area contributed by atoms with Gasteiger partial charge in [0.15, 0.2) is 5.78 Å². The molecular weight excluding hydrogens is 285 g/mol. The van der Waals surface area contributed by atoms with Crippen LogP contribution < -0.4 is 4.90 Å². The third kappa shape index (κ3) is 3.44. The van der Waals surface area contributed by atoms with E-state index in [-0.39, 0.29) is 28.8 Å². The summed E-state index contributed by atoms with van der Waals surface area (Å²) in [7, 11) is 0. The van der Waals surface area contributed by atoms with Gasteiger partial charge in [0, 0.05) is 31.9 Å². The zero-order valence-corrected chi connectivity index (χ0v) is 12.8. The first kappa shape index (κ1) is 16.0. The summed E-state index contributed by atoms with van der Waals surface area (Å²) in [5.74, 6) is -0.644. The average molecular weight is 305 g/mol. The van der Waals surface area contributed by atoms with Crippen LogP contribution in [0, 0.1) is 11.2 Å². The van der Waals surface area contributed by atoms with Gasteiger partial charge in [-0.1, -0.05) is 0 Å². The van der Waals surface area contributed by atoms with Crippen molar-refractivity contribution in [3.63, 3.8) is 0 Å². The summed E-state index contributed by atoms with van der Waals surface area (Å²) < 4.78 is 12.9. The highest BCUT2D eigenvalue weighted by atomic mass is 19.1. The first-order valence-electron chi connectivity index (χ1n) is 7.15. The predicted octanol–water partition coefficient (Wildman–Crippen LogP) is 2.35. The molecule has 1 aromatic rings. The van der Waals surface area contributed by atoms with Crippen LogP contribution in [0.3, 0.4) is 0 Å². The molecule has 1 saturated heterocycles. The molecule has 0 spiro atoms. The normalized spacial score (nSPS) is 16.3. The number of carbonyl (C=O) groups excluding carboxylic acids is 1. The van der Waals surface area contributed by atoms with E-state index in [9.17, 15) is 14.3 Å². The molecule has 0 amide bonds. The van der Waals surface area contributed by atoms with Crippen LogP contribution >= 0.6 is 0 Å². The first-order valence-corrected chi connectivity index (χ1v) is 7.15. The van der Waals surface area contributed by atoms with Gasteiger partial charge in [0.25, 0.3) is 0 Å². The van der Waals surface area contributed by atoms with Crippen LogP contribution in [0.4, 0.5) is 10.1 Å².